The Bertz CT molecular complexity index is 1040. The summed E-state index contributed by atoms with van der Waals surface area (Å²) in [6.07, 6.45) is 1.39. The second kappa shape index (κ2) is 6.74. The lowest BCUT2D eigenvalue weighted by Gasteiger charge is -2.27. The summed E-state index contributed by atoms with van der Waals surface area (Å²) >= 11 is 0. The van der Waals surface area contributed by atoms with Gasteiger partial charge in [0.1, 0.15) is 4.90 Å². The zero-order valence-electron chi connectivity index (χ0n) is 15.8. The van der Waals surface area contributed by atoms with Crippen LogP contribution < -0.4 is 0 Å². The molecule has 28 heavy (non-hydrogen) atoms. The largest absolute Gasteiger partial charge is 0.332 e. The molecule has 0 bridgehead atoms. The number of carbonyl (C=O) groups excluding carboxylic acids is 2. The van der Waals surface area contributed by atoms with Crippen molar-refractivity contribution in [1.82, 2.24) is 9.21 Å². The van der Waals surface area contributed by atoms with E-state index in [1.54, 1.807) is 11.0 Å². The summed E-state index contributed by atoms with van der Waals surface area (Å²) in [5.41, 5.74) is 1.42. The van der Waals surface area contributed by atoms with Crippen molar-refractivity contribution in [3.8, 4) is 0 Å². The Morgan fingerprint density at radius 2 is 1.82 bits per heavy atom. The number of rotatable bonds is 5. The fraction of sp³-hybridized carbons (Fsp3) is 0.333. The van der Waals surface area contributed by atoms with Crippen molar-refractivity contribution < 1.29 is 18.0 Å². The molecule has 2 amide bonds. The van der Waals surface area contributed by atoms with E-state index in [0.29, 0.717) is 19.4 Å². The van der Waals surface area contributed by atoms with E-state index in [1.165, 1.54) is 12.1 Å². The first-order valence-corrected chi connectivity index (χ1v) is 10.8. The van der Waals surface area contributed by atoms with Crippen molar-refractivity contribution in [3.05, 3.63) is 65.2 Å². The van der Waals surface area contributed by atoms with E-state index in [2.05, 4.69) is 0 Å². The highest BCUT2D eigenvalue weighted by Crippen LogP contribution is 2.39. The molecule has 0 radical (unpaired) electrons. The molecule has 0 N–H and O–H groups in total. The summed E-state index contributed by atoms with van der Waals surface area (Å²) in [5, 5.41) is 0. The van der Waals surface area contributed by atoms with Crippen LogP contribution in [0.15, 0.2) is 53.4 Å². The van der Waals surface area contributed by atoms with E-state index in [9.17, 15) is 18.0 Å². The predicted molar refractivity (Wildman–Crippen MR) is 104 cm³/mol. The molecule has 0 atom stereocenters. The Morgan fingerprint density at radius 1 is 1.14 bits per heavy atom. The van der Waals surface area contributed by atoms with E-state index in [-0.39, 0.29) is 34.0 Å². The summed E-state index contributed by atoms with van der Waals surface area (Å²) in [7, 11) is -3.88. The summed E-state index contributed by atoms with van der Waals surface area (Å²) in [6.45, 7) is 4.26. The van der Waals surface area contributed by atoms with Gasteiger partial charge in [0.15, 0.2) is 0 Å². The lowest BCUT2D eigenvalue weighted by atomic mass is 10.1. The van der Waals surface area contributed by atoms with Crippen LogP contribution in [0.5, 0.6) is 0 Å². The van der Waals surface area contributed by atoms with Crippen molar-refractivity contribution in [2.24, 2.45) is 0 Å². The first kappa shape index (κ1) is 18.7. The number of nitrogens with zero attached hydrogens (tertiary/aromatic N) is 2. The topological polar surface area (TPSA) is 74.8 Å². The first-order chi connectivity index (χ1) is 13.3. The Labute approximate surface area is 164 Å². The normalized spacial score (nSPS) is 17.7. The van der Waals surface area contributed by atoms with Gasteiger partial charge in [-0.3, -0.25) is 9.59 Å². The van der Waals surface area contributed by atoms with Crippen molar-refractivity contribution in [3.63, 3.8) is 0 Å². The van der Waals surface area contributed by atoms with Gasteiger partial charge in [0.2, 0.25) is 0 Å². The molecule has 6 nitrogen and oxygen atoms in total. The SMILES string of the molecule is CC(C)N(Cc1ccccc1)C(=O)c1ccc2c(c1)S(=O)(=O)N(C1CC1)C2=O. The minimum absolute atomic E-state index is 0.0568. The van der Waals surface area contributed by atoms with Gasteiger partial charge in [-0.25, -0.2) is 12.7 Å². The van der Waals surface area contributed by atoms with Crippen molar-refractivity contribution >= 4 is 21.8 Å². The molecule has 1 aliphatic heterocycles. The van der Waals surface area contributed by atoms with E-state index >= 15 is 0 Å². The first-order valence-electron chi connectivity index (χ1n) is 9.38. The van der Waals surface area contributed by atoms with Crippen LogP contribution in [0.3, 0.4) is 0 Å². The summed E-state index contributed by atoms with van der Waals surface area (Å²) in [6, 6.07) is 13.7. The quantitative estimate of drug-likeness (QED) is 0.776. The van der Waals surface area contributed by atoms with Crippen LogP contribution in [0.4, 0.5) is 0 Å². The van der Waals surface area contributed by atoms with Gasteiger partial charge >= 0.3 is 0 Å². The highest BCUT2D eigenvalue weighted by atomic mass is 32.2. The minimum atomic E-state index is -3.88. The molecule has 0 unspecified atom stereocenters. The number of amides is 2. The molecule has 1 saturated carbocycles. The van der Waals surface area contributed by atoms with Crippen molar-refractivity contribution in [1.29, 1.82) is 0 Å². The second-order valence-corrected chi connectivity index (χ2v) is 9.34. The maximum Gasteiger partial charge on any atom is 0.269 e. The fourth-order valence-electron chi connectivity index (χ4n) is 3.49. The van der Waals surface area contributed by atoms with Crippen molar-refractivity contribution in [2.75, 3.05) is 0 Å². The third kappa shape index (κ3) is 3.09. The molecular formula is C21H22N2O4S. The molecule has 1 heterocycles. The lowest BCUT2D eigenvalue weighted by Crippen LogP contribution is -2.36. The fourth-order valence-corrected chi connectivity index (χ4v) is 5.33. The predicted octanol–water partition coefficient (Wildman–Crippen LogP) is 3.04. The molecule has 146 valence electrons. The van der Waals surface area contributed by atoms with Crippen LogP contribution >= 0.6 is 0 Å². The monoisotopic (exact) mass is 398 g/mol. The molecule has 1 fully saturated rings. The summed E-state index contributed by atoms with van der Waals surface area (Å²) in [5.74, 6) is -0.740. The van der Waals surface area contributed by atoms with Gasteiger partial charge in [-0.05, 0) is 50.5 Å². The molecule has 0 spiro atoms. The number of hydrogen-bond acceptors (Lipinski definition) is 4. The van der Waals surface area contributed by atoms with Gasteiger partial charge in [0, 0.05) is 24.2 Å². The number of sulfonamides is 1. The van der Waals surface area contributed by atoms with E-state index < -0.39 is 15.9 Å². The standard InChI is InChI=1S/C21H22N2O4S/c1-14(2)22(13-15-6-4-3-5-7-15)20(24)16-8-11-18-19(12-16)28(26,27)23(21(18)25)17-9-10-17/h3-8,11-12,14,17H,9-10,13H2,1-2H3. The molecule has 0 saturated heterocycles. The zero-order valence-corrected chi connectivity index (χ0v) is 16.6. The van der Waals surface area contributed by atoms with Crippen LogP contribution in [0.25, 0.3) is 0 Å². The van der Waals surface area contributed by atoms with E-state index in [4.69, 9.17) is 0 Å². The van der Waals surface area contributed by atoms with Gasteiger partial charge in [0.05, 0.1) is 5.56 Å². The number of fused-ring (bicyclic) bond motifs is 1. The second-order valence-electron chi connectivity index (χ2n) is 7.56. The van der Waals surface area contributed by atoms with Crippen LogP contribution in [0.2, 0.25) is 0 Å². The third-order valence-corrected chi connectivity index (χ3v) is 7.03. The molecule has 2 aromatic carbocycles. The smallest absolute Gasteiger partial charge is 0.269 e. The Kier molecular flexibility index (Phi) is 4.50. The van der Waals surface area contributed by atoms with E-state index in [0.717, 1.165) is 9.87 Å². The highest BCUT2D eigenvalue weighted by molar-refractivity contribution is 7.90. The molecule has 7 heteroatoms. The molecule has 1 aliphatic carbocycles. The number of hydrogen-bond donors (Lipinski definition) is 0. The maximum absolute atomic E-state index is 13.1. The average Bonchev–Trinajstić information content (AvgIpc) is 3.47. The lowest BCUT2D eigenvalue weighted by molar-refractivity contribution is 0.0689. The Morgan fingerprint density at radius 3 is 2.43 bits per heavy atom. The van der Waals surface area contributed by atoms with Crippen LogP contribution in [-0.4, -0.2) is 41.5 Å². The Balaban J connectivity index is 1.67. The maximum atomic E-state index is 13.1. The van der Waals surface area contributed by atoms with Gasteiger partial charge in [-0.2, -0.15) is 0 Å². The van der Waals surface area contributed by atoms with Crippen LogP contribution in [0, 0.1) is 0 Å². The van der Waals surface area contributed by atoms with E-state index in [1.807, 2.05) is 44.2 Å². The van der Waals surface area contributed by atoms with Gasteiger partial charge in [-0.15, -0.1) is 0 Å². The van der Waals surface area contributed by atoms with Gasteiger partial charge in [-0.1, -0.05) is 30.3 Å². The molecule has 4 rings (SSSR count). The summed E-state index contributed by atoms with van der Waals surface area (Å²) < 4.78 is 26.6. The van der Waals surface area contributed by atoms with Crippen molar-refractivity contribution in [2.45, 2.75) is 50.2 Å². The van der Waals surface area contributed by atoms with Gasteiger partial charge in [0.25, 0.3) is 21.8 Å². The van der Waals surface area contributed by atoms with Crippen LogP contribution in [0.1, 0.15) is 53.0 Å². The van der Waals surface area contributed by atoms with Gasteiger partial charge < -0.3 is 4.90 Å². The zero-order chi connectivity index (χ0) is 20.1. The molecule has 0 aromatic heterocycles. The highest BCUT2D eigenvalue weighted by Gasteiger charge is 2.48. The minimum Gasteiger partial charge on any atom is -0.332 e. The Hall–Kier alpha value is -2.67. The summed E-state index contributed by atoms with van der Waals surface area (Å²) in [4.78, 5) is 27.3. The number of carbonyl (C=O) groups is 2. The molecular weight excluding hydrogens is 376 g/mol. The average molecular weight is 398 g/mol. The third-order valence-electron chi connectivity index (χ3n) is 5.15. The number of benzene rings is 2. The van der Waals surface area contributed by atoms with Crippen LogP contribution in [-0.2, 0) is 16.6 Å². The molecule has 2 aromatic rings. The molecule has 2 aliphatic rings.